The molecule has 0 aliphatic heterocycles. The van der Waals surface area contributed by atoms with Crippen molar-refractivity contribution in [2.75, 3.05) is 13.0 Å². The first-order chi connectivity index (χ1) is 9.47. The average Bonchev–Trinajstić information content (AvgIpc) is 2.46. The van der Waals surface area contributed by atoms with E-state index in [0.29, 0.717) is 0 Å². The van der Waals surface area contributed by atoms with Crippen molar-refractivity contribution in [3.05, 3.63) is 39.9 Å². The summed E-state index contributed by atoms with van der Waals surface area (Å²) in [4.78, 5) is 32.7. The number of halogens is 1. The molecule has 0 bridgehead atoms. The molecular weight excluding hydrogens is 290 g/mol. The zero-order chi connectivity index (χ0) is 15.1. The number of hydrogen-bond donors (Lipinski definition) is 0. The Kier molecular flexibility index (Phi) is 5.92. The van der Waals surface area contributed by atoms with Crippen molar-refractivity contribution in [3.8, 4) is 0 Å². The number of benzene rings is 1. The van der Waals surface area contributed by atoms with Gasteiger partial charge in [-0.05, 0) is 12.1 Å². The van der Waals surface area contributed by atoms with E-state index in [1.54, 1.807) is 0 Å². The molecule has 0 aliphatic carbocycles. The van der Waals surface area contributed by atoms with Crippen LogP contribution in [0.2, 0.25) is 0 Å². The summed E-state index contributed by atoms with van der Waals surface area (Å²) < 4.78 is 9.47. The summed E-state index contributed by atoms with van der Waals surface area (Å²) in [6.45, 7) is 0. The Morgan fingerprint density at radius 2 is 1.95 bits per heavy atom. The number of non-ortho nitro benzene ring substituents is 1. The van der Waals surface area contributed by atoms with E-state index >= 15 is 0 Å². The number of alkyl halides is 1. The molecule has 0 N–H and O–H groups in total. The molecule has 0 aromatic heterocycles. The lowest BCUT2D eigenvalue weighted by Gasteiger charge is -2.13. The van der Waals surface area contributed by atoms with Crippen LogP contribution >= 0.6 is 11.6 Å². The number of hydrogen-bond acceptors (Lipinski definition) is 6. The zero-order valence-corrected chi connectivity index (χ0v) is 11.3. The molecule has 1 aromatic carbocycles. The number of esters is 2. The maximum Gasteiger partial charge on any atom is 0.338 e. The van der Waals surface area contributed by atoms with E-state index in [0.717, 1.165) is 0 Å². The van der Waals surface area contributed by atoms with E-state index in [1.165, 1.54) is 31.4 Å². The lowest BCUT2D eigenvalue weighted by Crippen LogP contribution is -2.23. The van der Waals surface area contributed by atoms with Gasteiger partial charge < -0.3 is 9.47 Å². The average molecular weight is 302 g/mol. The molecule has 0 aliphatic rings. The van der Waals surface area contributed by atoms with Gasteiger partial charge in [0.1, 0.15) is 6.10 Å². The van der Waals surface area contributed by atoms with Gasteiger partial charge in [-0.1, -0.05) is 0 Å². The van der Waals surface area contributed by atoms with Gasteiger partial charge in [-0.25, -0.2) is 4.79 Å². The summed E-state index contributed by atoms with van der Waals surface area (Å²) >= 11 is 5.59. The zero-order valence-electron chi connectivity index (χ0n) is 10.6. The summed E-state index contributed by atoms with van der Waals surface area (Å²) in [5, 5.41) is 10.5. The topological polar surface area (TPSA) is 95.7 Å². The predicted octanol–water partition coefficient (Wildman–Crippen LogP) is 1.92. The second-order valence-electron chi connectivity index (χ2n) is 3.77. The van der Waals surface area contributed by atoms with E-state index in [9.17, 15) is 19.7 Å². The molecule has 108 valence electrons. The van der Waals surface area contributed by atoms with Crippen LogP contribution in [0.15, 0.2) is 24.3 Å². The minimum Gasteiger partial charge on any atom is -0.469 e. The minimum atomic E-state index is -0.813. The third-order valence-electron chi connectivity index (χ3n) is 2.38. The number of nitro benzene ring substituents is 1. The third-order valence-corrected chi connectivity index (χ3v) is 2.73. The van der Waals surface area contributed by atoms with Crippen molar-refractivity contribution < 1.29 is 24.0 Å². The fourth-order valence-corrected chi connectivity index (χ4v) is 1.51. The SMILES string of the molecule is COC(=O)C[C@H](CCl)OC(=O)c1ccc([N+](=O)[O-])cc1. The first kappa shape index (κ1) is 15.9. The normalized spacial score (nSPS) is 11.5. The lowest BCUT2D eigenvalue weighted by molar-refractivity contribution is -0.384. The van der Waals surface area contributed by atoms with Crippen LogP contribution in [0.4, 0.5) is 5.69 Å². The van der Waals surface area contributed by atoms with Crippen LogP contribution in [0.1, 0.15) is 16.8 Å². The summed E-state index contributed by atoms with van der Waals surface area (Å²) in [5.41, 5.74) is 0.000543. The van der Waals surface area contributed by atoms with E-state index in [2.05, 4.69) is 4.74 Å². The van der Waals surface area contributed by atoms with Crippen molar-refractivity contribution in [3.63, 3.8) is 0 Å². The van der Waals surface area contributed by atoms with Crippen LogP contribution in [0.3, 0.4) is 0 Å². The molecular formula is C12H12ClNO6. The van der Waals surface area contributed by atoms with Gasteiger partial charge in [0.25, 0.3) is 5.69 Å². The molecule has 1 aromatic rings. The van der Waals surface area contributed by atoms with Gasteiger partial charge in [-0.15, -0.1) is 11.6 Å². The van der Waals surface area contributed by atoms with Gasteiger partial charge in [0.2, 0.25) is 0 Å². The summed E-state index contributed by atoms with van der Waals surface area (Å²) in [6.07, 6.45) is -0.967. The Morgan fingerprint density at radius 3 is 2.40 bits per heavy atom. The highest BCUT2D eigenvalue weighted by atomic mass is 35.5. The van der Waals surface area contributed by atoms with Crippen molar-refractivity contribution in [1.82, 2.24) is 0 Å². The molecule has 20 heavy (non-hydrogen) atoms. The second-order valence-corrected chi connectivity index (χ2v) is 4.07. The number of methoxy groups -OCH3 is 1. The van der Waals surface area contributed by atoms with Gasteiger partial charge in [-0.2, -0.15) is 0 Å². The third kappa shape index (κ3) is 4.51. The quantitative estimate of drug-likeness (QED) is 0.345. The Hall–Kier alpha value is -2.15. The van der Waals surface area contributed by atoms with Crippen molar-refractivity contribution in [1.29, 1.82) is 0 Å². The van der Waals surface area contributed by atoms with E-state index in [-0.39, 0.29) is 23.6 Å². The molecule has 0 spiro atoms. The van der Waals surface area contributed by atoms with E-state index in [4.69, 9.17) is 16.3 Å². The van der Waals surface area contributed by atoms with Crippen LogP contribution < -0.4 is 0 Å². The molecule has 0 amide bonds. The van der Waals surface area contributed by atoms with Crippen LogP contribution in [0, 0.1) is 10.1 Å². The molecule has 0 saturated carbocycles. The molecule has 7 nitrogen and oxygen atoms in total. The van der Waals surface area contributed by atoms with E-state index in [1.807, 2.05) is 0 Å². The molecule has 1 rings (SSSR count). The van der Waals surface area contributed by atoms with Gasteiger partial charge in [0.05, 0.1) is 29.9 Å². The van der Waals surface area contributed by atoms with Crippen LogP contribution in [0.5, 0.6) is 0 Å². The maximum atomic E-state index is 11.8. The monoisotopic (exact) mass is 301 g/mol. The highest BCUT2D eigenvalue weighted by Gasteiger charge is 2.19. The Balaban J connectivity index is 2.69. The molecule has 0 fully saturated rings. The predicted molar refractivity (Wildman–Crippen MR) is 69.7 cm³/mol. The molecule has 0 radical (unpaired) electrons. The van der Waals surface area contributed by atoms with Crippen molar-refractivity contribution in [2.45, 2.75) is 12.5 Å². The Morgan fingerprint density at radius 1 is 1.35 bits per heavy atom. The minimum absolute atomic E-state index is 0.0617. The highest BCUT2D eigenvalue weighted by Crippen LogP contribution is 2.14. The molecule has 8 heteroatoms. The number of carbonyl (C=O) groups is 2. The number of ether oxygens (including phenoxy) is 2. The number of nitrogens with zero attached hydrogens (tertiary/aromatic N) is 1. The number of rotatable bonds is 6. The van der Waals surface area contributed by atoms with Gasteiger partial charge in [-0.3, -0.25) is 14.9 Å². The molecule has 0 unspecified atom stereocenters. The van der Waals surface area contributed by atoms with Gasteiger partial charge in [0.15, 0.2) is 0 Å². The standard InChI is InChI=1S/C12H12ClNO6/c1-19-11(15)6-10(7-13)20-12(16)8-2-4-9(5-3-8)14(17)18/h2-5,10H,6-7H2,1H3/t10-/m1/s1. The van der Waals surface area contributed by atoms with Crippen molar-refractivity contribution >= 4 is 29.2 Å². The summed E-state index contributed by atoms with van der Waals surface area (Å²) in [5.74, 6) is -1.32. The van der Waals surface area contributed by atoms with Crippen LogP contribution in [-0.2, 0) is 14.3 Å². The van der Waals surface area contributed by atoms with Gasteiger partial charge in [0, 0.05) is 12.1 Å². The summed E-state index contributed by atoms with van der Waals surface area (Å²) in [7, 11) is 1.21. The first-order valence-corrected chi connectivity index (χ1v) is 6.09. The smallest absolute Gasteiger partial charge is 0.338 e. The fourth-order valence-electron chi connectivity index (χ4n) is 1.34. The lowest BCUT2D eigenvalue weighted by atomic mass is 10.2. The van der Waals surface area contributed by atoms with Crippen LogP contribution in [0.25, 0.3) is 0 Å². The molecule has 1 atom stereocenters. The second kappa shape index (κ2) is 7.44. The Labute approximate surface area is 119 Å². The Bertz CT molecular complexity index is 501. The fraction of sp³-hybridized carbons (Fsp3) is 0.333. The number of nitro groups is 1. The van der Waals surface area contributed by atoms with Crippen LogP contribution in [-0.4, -0.2) is 36.0 Å². The summed E-state index contributed by atoms with van der Waals surface area (Å²) in [6, 6.07) is 4.91. The molecule has 0 saturated heterocycles. The largest absolute Gasteiger partial charge is 0.469 e. The highest BCUT2D eigenvalue weighted by molar-refractivity contribution is 6.18. The van der Waals surface area contributed by atoms with Gasteiger partial charge >= 0.3 is 11.9 Å². The van der Waals surface area contributed by atoms with E-state index < -0.39 is 23.0 Å². The number of carbonyl (C=O) groups excluding carboxylic acids is 2. The molecule has 0 heterocycles. The van der Waals surface area contributed by atoms with Crippen molar-refractivity contribution in [2.24, 2.45) is 0 Å². The maximum absolute atomic E-state index is 11.8. The first-order valence-electron chi connectivity index (χ1n) is 5.56.